The Hall–Kier alpha value is -3.15. The summed E-state index contributed by atoms with van der Waals surface area (Å²) in [7, 11) is 1.52. The molecule has 2 aromatic carbocycles. The number of carbonyl (C=O) groups excluding carboxylic acids is 3. The average molecular weight is 352 g/mol. The fourth-order valence-corrected chi connectivity index (χ4v) is 2.91. The smallest absolute Gasteiger partial charge is 0.261 e. The minimum atomic E-state index is -0.375. The second-order valence-corrected chi connectivity index (χ2v) is 6.53. The van der Waals surface area contributed by atoms with Gasteiger partial charge in [0, 0.05) is 12.1 Å². The largest absolute Gasteiger partial charge is 0.495 e. The molecular weight excluding hydrogens is 332 g/mol. The molecule has 0 radical (unpaired) electrons. The number of rotatable bonds is 5. The van der Waals surface area contributed by atoms with Crippen molar-refractivity contribution in [3.05, 3.63) is 59.2 Å². The number of hydrogen-bond donors (Lipinski definition) is 1. The number of carbonyl (C=O) groups is 3. The SMILES string of the molecule is COc1ccccc1NC(=O)c1ccc2c(c1)C(=O)N(CC(C)C)C2=O. The quantitative estimate of drug-likeness (QED) is 0.839. The Balaban J connectivity index is 1.86. The number of fused-ring (bicyclic) bond motifs is 1. The van der Waals surface area contributed by atoms with E-state index in [1.165, 1.54) is 24.1 Å². The first-order valence-corrected chi connectivity index (χ1v) is 8.37. The molecule has 1 aliphatic heterocycles. The van der Waals surface area contributed by atoms with Gasteiger partial charge >= 0.3 is 0 Å². The number of amides is 3. The first kappa shape index (κ1) is 17.7. The summed E-state index contributed by atoms with van der Waals surface area (Å²) in [6, 6.07) is 11.6. The molecule has 0 fully saturated rings. The molecular formula is C20H20N2O4. The third-order valence-corrected chi connectivity index (χ3v) is 4.14. The van der Waals surface area contributed by atoms with E-state index in [2.05, 4.69) is 5.32 Å². The standard InChI is InChI=1S/C20H20N2O4/c1-12(2)11-22-19(24)14-9-8-13(10-15(14)20(22)25)18(23)21-16-6-4-5-7-17(16)26-3/h4-10,12H,11H2,1-3H3,(H,21,23). The molecule has 0 aromatic heterocycles. The molecule has 26 heavy (non-hydrogen) atoms. The lowest BCUT2D eigenvalue weighted by Crippen LogP contribution is -2.33. The summed E-state index contributed by atoms with van der Waals surface area (Å²) in [5.41, 5.74) is 1.44. The average Bonchev–Trinajstić information content (AvgIpc) is 2.86. The molecule has 0 saturated heterocycles. The van der Waals surface area contributed by atoms with Crippen LogP contribution in [-0.4, -0.2) is 36.3 Å². The van der Waals surface area contributed by atoms with Gasteiger partial charge in [0.15, 0.2) is 0 Å². The van der Waals surface area contributed by atoms with Crippen LogP contribution in [0.15, 0.2) is 42.5 Å². The summed E-state index contributed by atoms with van der Waals surface area (Å²) < 4.78 is 5.22. The molecule has 0 unspecified atom stereocenters. The molecule has 6 nitrogen and oxygen atoms in total. The van der Waals surface area contributed by atoms with Crippen LogP contribution in [0.1, 0.15) is 44.9 Å². The summed E-state index contributed by atoms with van der Waals surface area (Å²) in [6.45, 7) is 4.24. The van der Waals surface area contributed by atoms with Crippen molar-refractivity contribution in [1.82, 2.24) is 4.90 Å². The van der Waals surface area contributed by atoms with E-state index in [0.717, 1.165) is 0 Å². The lowest BCUT2D eigenvalue weighted by atomic mass is 10.1. The van der Waals surface area contributed by atoms with Gasteiger partial charge in [-0.05, 0) is 36.2 Å². The highest BCUT2D eigenvalue weighted by molar-refractivity contribution is 6.22. The molecule has 3 rings (SSSR count). The number of hydrogen-bond acceptors (Lipinski definition) is 4. The van der Waals surface area contributed by atoms with E-state index in [0.29, 0.717) is 29.1 Å². The van der Waals surface area contributed by atoms with Crippen molar-refractivity contribution in [3.63, 3.8) is 0 Å². The first-order valence-electron chi connectivity index (χ1n) is 8.37. The Morgan fingerprint density at radius 2 is 1.77 bits per heavy atom. The Kier molecular flexibility index (Phi) is 4.75. The van der Waals surface area contributed by atoms with Crippen LogP contribution in [0.4, 0.5) is 5.69 Å². The highest BCUT2D eigenvalue weighted by Gasteiger charge is 2.36. The van der Waals surface area contributed by atoms with Gasteiger partial charge in [0.05, 0.1) is 23.9 Å². The normalized spacial score (nSPS) is 13.2. The zero-order valence-electron chi connectivity index (χ0n) is 14.9. The third-order valence-electron chi connectivity index (χ3n) is 4.14. The third kappa shape index (κ3) is 3.18. The number of imide groups is 1. The lowest BCUT2D eigenvalue weighted by Gasteiger charge is -2.15. The Morgan fingerprint density at radius 3 is 2.46 bits per heavy atom. The van der Waals surface area contributed by atoms with Crippen LogP contribution < -0.4 is 10.1 Å². The minimum absolute atomic E-state index is 0.172. The summed E-state index contributed by atoms with van der Waals surface area (Å²) >= 11 is 0. The van der Waals surface area contributed by atoms with Crippen LogP contribution in [0.5, 0.6) is 5.75 Å². The van der Waals surface area contributed by atoms with Gasteiger partial charge in [0.2, 0.25) is 0 Å². The van der Waals surface area contributed by atoms with E-state index in [1.807, 2.05) is 13.8 Å². The zero-order chi connectivity index (χ0) is 18.8. The van der Waals surface area contributed by atoms with Crippen LogP contribution in [0.2, 0.25) is 0 Å². The second-order valence-electron chi connectivity index (χ2n) is 6.53. The Labute approximate surface area is 151 Å². The van der Waals surface area contributed by atoms with Gasteiger partial charge in [0.25, 0.3) is 17.7 Å². The molecule has 134 valence electrons. The summed E-state index contributed by atoms with van der Waals surface area (Å²) in [4.78, 5) is 38.7. The zero-order valence-corrected chi connectivity index (χ0v) is 14.9. The number of para-hydroxylation sites is 2. The Bertz CT molecular complexity index is 889. The topological polar surface area (TPSA) is 75.7 Å². The van der Waals surface area contributed by atoms with E-state index >= 15 is 0 Å². The molecule has 0 aliphatic carbocycles. The molecule has 0 saturated carbocycles. The molecule has 1 heterocycles. The predicted octanol–water partition coefficient (Wildman–Crippen LogP) is 3.20. The van der Waals surface area contributed by atoms with E-state index in [4.69, 9.17) is 4.74 Å². The van der Waals surface area contributed by atoms with Crippen LogP contribution in [-0.2, 0) is 0 Å². The molecule has 0 bridgehead atoms. The van der Waals surface area contributed by atoms with E-state index in [-0.39, 0.29) is 29.2 Å². The number of anilines is 1. The molecule has 1 aliphatic rings. The molecule has 2 aromatic rings. The van der Waals surface area contributed by atoms with Crippen LogP contribution in [0, 0.1) is 5.92 Å². The van der Waals surface area contributed by atoms with Crippen molar-refractivity contribution in [2.45, 2.75) is 13.8 Å². The molecule has 0 spiro atoms. The van der Waals surface area contributed by atoms with Crippen molar-refractivity contribution >= 4 is 23.4 Å². The van der Waals surface area contributed by atoms with Gasteiger partial charge in [-0.1, -0.05) is 26.0 Å². The lowest BCUT2D eigenvalue weighted by molar-refractivity contribution is 0.0636. The maximum atomic E-state index is 12.6. The number of nitrogens with zero attached hydrogens (tertiary/aromatic N) is 1. The highest BCUT2D eigenvalue weighted by atomic mass is 16.5. The van der Waals surface area contributed by atoms with Gasteiger partial charge < -0.3 is 10.1 Å². The molecule has 6 heteroatoms. The Morgan fingerprint density at radius 1 is 1.08 bits per heavy atom. The fourth-order valence-electron chi connectivity index (χ4n) is 2.91. The van der Waals surface area contributed by atoms with Crippen molar-refractivity contribution in [2.75, 3.05) is 19.0 Å². The van der Waals surface area contributed by atoms with E-state index in [1.54, 1.807) is 30.3 Å². The maximum absolute atomic E-state index is 12.6. The summed E-state index contributed by atoms with van der Waals surface area (Å²) in [5.74, 6) is -0.331. The number of benzene rings is 2. The first-order chi connectivity index (χ1) is 12.4. The van der Waals surface area contributed by atoms with Crippen LogP contribution in [0.3, 0.4) is 0 Å². The molecule has 3 amide bonds. The second kappa shape index (κ2) is 7.00. The highest BCUT2D eigenvalue weighted by Crippen LogP contribution is 2.27. The van der Waals surface area contributed by atoms with Crippen LogP contribution in [0.25, 0.3) is 0 Å². The predicted molar refractivity (Wildman–Crippen MR) is 97.6 cm³/mol. The maximum Gasteiger partial charge on any atom is 0.261 e. The van der Waals surface area contributed by atoms with Gasteiger partial charge in [-0.3, -0.25) is 19.3 Å². The monoisotopic (exact) mass is 352 g/mol. The number of ether oxygens (including phenoxy) is 1. The van der Waals surface area contributed by atoms with Gasteiger partial charge in [0.1, 0.15) is 5.75 Å². The van der Waals surface area contributed by atoms with Gasteiger partial charge in [-0.2, -0.15) is 0 Å². The van der Waals surface area contributed by atoms with E-state index in [9.17, 15) is 14.4 Å². The van der Waals surface area contributed by atoms with Crippen molar-refractivity contribution in [1.29, 1.82) is 0 Å². The molecule has 0 atom stereocenters. The fraction of sp³-hybridized carbons (Fsp3) is 0.250. The van der Waals surface area contributed by atoms with E-state index < -0.39 is 0 Å². The van der Waals surface area contributed by atoms with Crippen molar-refractivity contribution in [2.24, 2.45) is 5.92 Å². The number of methoxy groups -OCH3 is 1. The van der Waals surface area contributed by atoms with Crippen LogP contribution >= 0.6 is 0 Å². The molecule has 1 N–H and O–H groups in total. The van der Waals surface area contributed by atoms with Crippen molar-refractivity contribution in [3.8, 4) is 5.75 Å². The number of nitrogens with one attached hydrogen (secondary N) is 1. The van der Waals surface area contributed by atoms with Crippen molar-refractivity contribution < 1.29 is 19.1 Å². The summed E-state index contributed by atoms with van der Waals surface area (Å²) in [5, 5.41) is 2.76. The van der Waals surface area contributed by atoms with Gasteiger partial charge in [-0.15, -0.1) is 0 Å². The minimum Gasteiger partial charge on any atom is -0.495 e. The van der Waals surface area contributed by atoms with Gasteiger partial charge in [-0.25, -0.2) is 0 Å². The summed E-state index contributed by atoms with van der Waals surface area (Å²) in [6.07, 6.45) is 0.